The second-order valence-electron chi connectivity index (χ2n) is 5.68. The van der Waals surface area contributed by atoms with Crippen molar-refractivity contribution in [2.45, 2.75) is 17.4 Å². The normalized spacial score (nSPS) is 23.1. The number of rotatable bonds is 3. The lowest BCUT2D eigenvalue weighted by Gasteiger charge is -2.26. The van der Waals surface area contributed by atoms with Crippen LogP contribution in [0.4, 0.5) is 0 Å². The lowest BCUT2D eigenvalue weighted by atomic mass is 9.86. The third-order valence-corrected chi connectivity index (χ3v) is 5.62. The van der Waals surface area contributed by atoms with Gasteiger partial charge >= 0.3 is 0 Å². The number of hydrogen-bond acceptors (Lipinski definition) is 1. The molecule has 2 aliphatic rings. The van der Waals surface area contributed by atoms with Gasteiger partial charge in [-0.1, -0.05) is 72.8 Å². The lowest BCUT2D eigenvalue weighted by molar-refractivity contribution is 0.543. The largest absolute Gasteiger partial charge is 0.431 e. The molecule has 0 fully saturated rings. The molecule has 0 aromatic heterocycles. The zero-order valence-corrected chi connectivity index (χ0v) is 12.6. The number of allylic oxidation sites excluding steroid dienone is 2. The molecule has 0 saturated carbocycles. The summed E-state index contributed by atoms with van der Waals surface area (Å²) in [7, 11) is -0.0616. The van der Waals surface area contributed by atoms with Crippen LogP contribution in [-0.2, 0) is 0 Å². The third kappa shape index (κ3) is 2.03. The van der Waals surface area contributed by atoms with Gasteiger partial charge in [0.1, 0.15) is 0 Å². The van der Waals surface area contributed by atoms with Gasteiger partial charge in [0.25, 0.3) is 0 Å². The standard InChI is InChI=1S/C19H16OSi/c20-21-19(17-11-9-13-5-1-3-7-15(13)17)18-12-10-14-6-2-4-8-16(14)18/h1-12,17-20H. The SMILES string of the molecule is O[Si]C(C1C=Cc2ccccc21)C1C=Cc2ccccc21. The van der Waals surface area contributed by atoms with Gasteiger partial charge in [0, 0.05) is 11.8 Å². The summed E-state index contributed by atoms with van der Waals surface area (Å²) in [5.74, 6) is 0.621. The highest BCUT2D eigenvalue weighted by molar-refractivity contribution is 6.29. The molecular weight excluding hydrogens is 272 g/mol. The summed E-state index contributed by atoms with van der Waals surface area (Å²) >= 11 is 0. The molecular formula is C19H16OSi. The van der Waals surface area contributed by atoms with Crippen molar-refractivity contribution in [2.24, 2.45) is 0 Å². The maximum absolute atomic E-state index is 10.1. The molecule has 0 saturated heterocycles. The van der Waals surface area contributed by atoms with Crippen molar-refractivity contribution < 1.29 is 4.80 Å². The molecule has 2 atom stereocenters. The first-order chi connectivity index (χ1) is 10.4. The summed E-state index contributed by atoms with van der Waals surface area (Å²) in [5, 5.41) is 0. The van der Waals surface area contributed by atoms with E-state index in [0.717, 1.165) is 0 Å². The molecule has 1 nitrogen and oxygen atoms in total. The summed E-state index contributed by atoms with van der Waals surface area (Å²) in [4.78, 5) is 10.1. The molecule has 2 radical (unpaired) electrons. The lowest BCUT2D eigenvalue weighted by Crippen LogP contribution is -2.17. The van der Waals surface area contributed by atoms with Gasteiger partial charge in [-0.05, 0) is 27.8 Å². The van der Waals surface area contributed by atoms with E-state index in [1.165, 1.54) is 22.3 Å². The van der Waals surface area contributed by atoms with Crippen molar-refractivity contribution in [3.05, 3.63) is 82.9 Å². The van der Waals surface area contributed by atoms with Crippen LogP contribution in [0.15, 0.2) is 60.7 Å². The summed E-state index contributed by atoms with van der Waals surface area (Å²) in [6.07, 6.45) is 8.90. The second kappa shape index (κ2) is 5.13. The Labute approximate surface area is 127 Å². The van der Waals surface area contributed by atoms with Gasteiger partial charge < -0.3 is 4.80 Å². The Morgan fingerprint density at radius 3 is 1.71 bits per heavy atom. The molecule has 4 rings (SSSR count). The highest BCUT2D eigenvalue weighted by atomic mass is 28.2. The Bertz CT molecular complexity index is 670. The third-order valence-electron chi connectivity index (χ3n) is 4.60. The van der Waals surface area contributed by atoms with Crippen LogP contribution in [0.25, 0.3) is 12.2 Å². The maximum Gasteiger partial charge on any atom is 0.229 e. The Hall–Kier alpha value is -1.90. The first kappa shape index (κ1) is 12.8. The molecule has 2 unspecified atom stereocenters. The van der Waals surface area contributed by atoms with E-state index in [1.54, 1.807) is 0 Å². The summed E-state index contributed by atoms with van der Waals surface area (Å²) in [5.41, 5.74) is 5.51. The zero-order chi connectivity index (χ0) is 14.2. The first-order valence-electron chi connectivity index (χ1n) is 7.32. The van der Waals surface area contributed by atoms with Crippen LogP contribution in [0.1, 0.15) is 34.1 Å². The van der Waals surface area contributed by atoms with E-state index < -0.39 is 0 Å². The average molecular weight is 288 g/mol. The summed E-state index contributed by atoms with van der Waals surface area (Å²) < 4.78 is 0. The van der Waals surface area contributed by atoms with Crippen LogP contribution in [-0.4, -0.2) is 14.6 Å². The molecule has 0 amide bonds. The fourth-order valence-corrected chi connectivity index (χ4v) is 4.47. The average Bonchev–Trinajstić information content (AvgIpc) is 3.14. The van der Waals surface area contributed by atoms with Crippen molar-refractivity contribution in [3.63, 3.8) is 0 Å². The molecule has 2 aromatic carbocycles. The van der Waals surface area contributed by atoms with Gasteiger partial charge in [0.05, 0.1) is 0 Å². The van der Waals surface area contributed by atoms with Gasteiger partial charge in [-0.25, -0.2) is 0 Å². The maximum atomic E-state index is 10.1. The van der Waals surface area contributed by atoms with E-state index in [9.17, 15) is 4.80 Å². The van der Waals surface area contributed by atoms with E-state index in [1.807, 2.05) is 0 Å². The Kier molecular flexibility index (Phi) is 3.13. The number of hydrogen-bond donors (Lipinski definition) is 1. The summed E-state index contributed by atoms with van der Waals surface area (Å²) in [6, 6.07) is 17.0. The summed E-state index contributed by atoms with van der Waals surface area (Å²) in [6.45, 7) is 0. The van der Waals surface area contributed by atoms with Gasteiger partial charge in [-0.3, -0.25) is 0 Å². The van der Waals surface area contributed by atoms with E-state index in [-0.39, 0.29) is 15.3 Å². The molecule has 102 valence electrons. The van der Waals surface area contributed by atoms with Crippen molar-refractivity contribution in [1.29, 1.82) is 0 Å². The predicted octanol–water partition coefficient (Wildman–Crippen LogP) is 4.01. The molecule has 1 N–H and O–H groups in total. The fourth-order valence-electron chi connectivity index (χ4n) is 3.56. The smallest absolute Gasteiger partial charge is 0.229 e. The molecule has 0 bridgehead atoms. The fraction of sp³-hybridized carbons (Fsp3) is 0.158. The minimum Gasteiger partial charge on any atom is -0.431 e. The minimum absolute atomic E-state index is 0.0616. The van der Waals surface area contributed by atoms with Gasteiger partial charge in [0.15, 0.2) is 0 Å². The highest BCUT2D eigenvalue weighted by Crippen LogP contribution is 2.48. The van der Waals surface area contributed by atoms with Crippen molar-refractivity contribution in [2.75, 3.05) is 0 Å². The van der Waals surface area contributed by atoms with E-state index >= 15 is 0 Å². The first-order valence-corrected chi connectivity index (χ1v) is 8.35. The van der Waals surface area contributed by atoms with E-state index in [2.05, 4.69) is 72.8 Å². The van der Waals surface area contributed by atoms with E-state index in [0.29, 0.717) is 11.8 Å². The van der Waals surface area contributed by atoms with Crippen LogP contribution in [0, 0.1) is 0 Å². The Morgan fingerprint density at radius 2 is 1.24 bits per heavy atom. The van der Waals surface area contributed by atoms with Gasteiger partial charge in [0.2, 0.25) is 9.76 Å². The molecule has 0 aliphatic heterocycles. The highest BCUT2D eigenvalue weighted by Gasteiger charge is 2.34. The number of fused-ring (bicyclic) bond motifs is 2. The van der Waals surface area contributed by atoms with Crippen molar-refractivity contribution >= 4 is 21.9 Å². The molecule has 0 spiro atoms. The van der Waals surface area contributed by atoms with E-state index in [4.69, 9.17) is 0 Å². The molecule has 2 aliphatic carbocycles. The van der Waals surface area contributed by atoms with Crippen LogP contribution >= 0.6 is 0 Å². The van der Waals surface area contributed by atoms with Crippen molar-refractivity contribution in [1.82, 2.24) is 0 Å². The molecule has 2 heteroatoms. The molecule has 0 heterocycles. The van der Waals surface area contributed by atoms with Crippen LogP contribution in [0.3, 0.4) is 0 Å². The van der Waals surface area contributed by atoms with Gasteiger partial charge in [-0.15, -0.1) is 0 Å². The molecule has 21 heavy (non-hydrogen) atoms. The minimum atomic E-state index is -0.0616. The zero-order valence-electron chi connectivity index (χ0n) is 11.6. The van der Waals surface area contributed by atoms with Crippen LogP contribution < -0.4 is 0 Å². The second-order valence-corrected chi connectivity index (χ2v) is 6.61. The predicted molar refractivity (Wildman–Crippen MR) is 88.2 cm³/mol. The Balaban J connectivity index is 1.72. The van der Waals surface area contributed by atoms with Crippen molar-refractivity contribution in [3.8, 4) is 0 Å². The van der Waals surface area contributed by atoms with Crippen LogP contribution in [0.5, 0.6) is 0 Å². The Morgan fingerprint density at radius 1 is 0.762 bits per heavy atom. The van der Waals surface area contributed by atoms with Crippen LogP contribution in [0.2, 0.25) is 5.54 Å². The quantitative estimate of drug-likeness (QED) is 0.846. The molecule has 2 aromatic rings. The number of benzene rings is 2. The van der Waals surface area contributed by atoms with Gasteiger partial charge in [-0.2, -0.15) is 0 Å². The monoisotopic (exact) mass is 288 g/mol. The topological polar surface area (TPSA) is 20.2 Å².